The molecule has 1 rings (SSSR count). The number of hydrogen-bond acceptors (Lipinski definition) is 6. The van der Waals surface area contributed by atoms with Crippen LogP contribution in [0.4, 0.5) is 4.79 Å². The Bertz CT molecular complexity index is 391. The van der Waals surface area contributed by atoms with E-state index in [0.717, 1.165) is 39.1 Å². The van der Waals surface area contributed by atoms with Crippen LogP contribution >= 0.6 is 24.0 Å². The lowest BCUT2D eigenvalue weighted by molar-refractivity contribution is 0.0144. The van der Waals surface area contributed by atoms with E-state index in [4.69, 9.17) is 21.7 Å². The van der Waals surface area contributed by atoms with E-state index in [1.807, 2.05) is 27.7 Å². The number of thiocarbonyl (C=S) groups is 1. The van der Waals surface area contributed by atoms with E-state index < -0.39 is 5.60 Å². The highest BCUT2D eigenvalue weighted by Gasteiger charge is 2.25. The van der Waals surface area contributed by atoms with E-state index in [1.54, 1.807) is 16.7 Å². The number of carbonyl (C=O) groups is 1. The van der Waals surface area contributed by atoms with Crippen molar-refractivity contribution in [2.24, 2.45) is 0 Å². The summed E-state index contributed by atoms with van der Waals surface area (Å²) in [5, 5.41) is 0.443. The summed E-state index contributed by atoms with van der Waals surface area (Å²) in [4.78, 5) is 16.2. The fourth-order valence-corrected chi connectivity index (χ4v) is 3.57. The number of nitrogens with zero attached hydrogens (tertiary/aromatic N) is 2. The number of amides is 1. The standard InChI is InChI=1S/C16H30N2O3S2/c1-6-20-15(22)23-13(2)7-8-17-9-11-18(12-10-17)14(19)21-16(3,4)5/h13H,6-12H2,1-5H3/t13-/m0/s1. The monoisotopic (exact) mass is 362 g/mol. The fourth-order valence-electron chi connectivity index (χ4n) is 2.22. The first-order valence-corrected chi connectivity index (χ1v) is 9.53. The maximum absolute atomic E-state index is 12.0. The zero-order chi connectivity index (χ0) is 17.5. The first-order valence-electron chi connectivity index (χ1n) is 8.25. The molecule has 0 N–H and O–H groups in total. The van der Waals surface area contributed by atoms with E-state index in [9.17, 15) is 4.79 Å². The molecule has 1 aliphatic heterocycles. The molecule has 0 spiro atoms. The van der Waals surface area contributed by atoms with Crippen LogP contribution in [0.25, 0.3) is 0 Å². The quantitative estimate of drug-likeness (QED) is 0.699. The minimum Gasteiger partial charge on any atom is -0.479 e. The maximum atomic E-state index is 12.0. The third-order valence-electron chi connectivity index (χ3n) is 3.44. The Balaban J connectivity index is 2.23. The van der Waals surface area contributed by atoms with Gasteiger partial charge in [-0.1, -0.05) is 18.7 Å². The number of piperazine rings is 1. The van der Waals surface area contributed by atoms with Crippen LogP contribution in [0.3, 0.4) is 0 Å². The lowest BCUT2D eigenvalue weighted by Gasteiger charge is -2.35. The Labute approximate surface area is 150 Å². The van der Waals surface area contributed by atoms with Gasteiger partial charge in [-0.15, -0.1) is 0 Å². The molecule has 0 aliphatic carbocycles. The zero-order valence-corrected chi connectivity index (χ0v) is 16.6. The van der Waals surface area contributed by atoms with Gasteiger partial charge in [0.25, 0.3) is 0 Å². The predicted octanol–water partition coefficient (Wildman–Crippen LogP) is 3.37. The average molecular weight is 363 g/mol. The summed E-state index contributed by atoms with van der Waals surface area (Å²) in [6, 6.07) is 0. The van der Waals surface area contributed by atoms with E-state index in [1.165, 1.54) is 0 Å². The minimum atomic E-state index is -0.431. The molecule has 134 valence electrons. The normalized spacial score (nSPS) is 17.7. The van der Waals surface area contributed by atoms with Crippen molar-refractivity contribution in [2.45, 2.75) is 51.9 Å². The van der Waals surface area contributed by atoms with Gasteiger partial charge in [-0.3, -0.25) is 4.90 Å². The molecule has 0 unspecified atom stereocenters. The Morgan fingerprint density at radius 1 is 1.26 bits per heavy atom. The minimum absolute atomic E-state index is 0.205. The molecule has 5 nitrogen and oxygen atoms in total. The summed E-state index contributed by atoms with van der Waals surface area (Å²) >= 11 is 6.78. The van der Waals surface area contributed by atoms with Crippen molar-refractivity contribution in [1.82, 2.24) is 9.80 Å². The third-order valence-corrected chi connectivity index (χ3v) is 4.79. The van der Waals surface area contributed by atoms with Crippen LogP contribution in [0.2, 0.25) is 0 Å². The number of rotatable bonds is 5. The van der Waals surface area contributed by atoms with Gasteiger partial charge in [0, 0.05) is 31.4 Å². The molecule has 1 fully saturated rings. The van der Waals surface area contributed by atoms with E-state index >= 15 is 0 Å². The van der Waals surface area contributed by atoms with Crippen molar-refractivity contribution in [2.75, 3.05) is 39.3 Å². The van der Waals surface area contributed by atoms with Crippen molar-refractivity contribution < 1.29 is 14.3 Å². The highest BCUT2D eigenvalue weighted by atomic mass is 32.2. The number of ether oxygens (including phenoxy) is 2. The molecule has 1 aliphatic rings. The Morgan fingerprint density at radius 3 is 2.39 bits per heavy atom. The lowest BCUT2D eigenvalue weighted by Crippen LogP contribution is -2.50. The van der Waals surface area contributed by atoms with Crippen molar-refractivity contribution in [1.29, 1.82) is 0 Å². The van der Waals surface area contributed by atoms with E-state index in [-0.39, 0.29) is 6.09 Å². The van der Waals surface area contributed by atoms with Crippen LogP contribution in [-0.2, 0) is 9.47 Å². The highest BCUT2D eigenvalue weighted by Crippen LogP contribution is 2.18. The smallest absolute Gasteiger partial charge is 0.410 e. The van der Waals surface area contributed by atoms with Crippen molar-refractivity contribution in [3.05, 3.63) is 0 Å². The molecule has 1 amide bonds. The fraction of sp³-hybridized carbons (Fsp3) is 0.875. The summed E-state index contributed by atoms with van der Waals surface area (Å²) in [5.41, 5.74) is -0.431. The molecule has 0 aromatic heterocycles. The Morgan fingerprint density at radius 2 is 1.87 bits per heavy atom. The summed E-state index contributed by atoms with van der Waals surface area (Å²) in [6.07, 6.45) is 0.854. The molecule has 1 atom stereocenters. The second-order valence-corrected chi connectivity index (χ2v) is 8.75. The van der Waals surface area contributed by atoms with Gasteiger partial charge in [0.05, 0.1) is 6.61 Å². The number of thioether (sulfide) groups is 1. The molecule has 23 heavy (non-hydrogen) atoms. The van der Waals surface area contributed by atoms with Crippen molar-refractivity contribution >= 4 is 34.5 Å². The maximum Gasteiger partial charge on any atom is 0.410 e. The van der Waals surface area contributed by atoms with Gasteiger partial charge in [0.15, 0.2) is 0 Å². The van der Waals surface area contributed by atoms with Gasteiger partial charge in [0.2, 0.25) is 4.38 Å². The molecule has 1 saturated heterocycles. The van der Waals surface area contributed by atoms with E-state index in [2.05, 4.69) is 11.8 Å². The van der Waals surface area contributed by atoms with Gasteiger partial charge in [0.1, 0.15) is 5.60 Å². The first-order chi connectivity index (χ1) is 10.7. The van der Waals surface area contributed by atoms with Crippen molar-refractivity contribution in [3.8, 4) is 0 Å². The molecule has 0 bridgehead atoms. The summed E-state index contributed by atoms with van der Waals surface area (Å²) < 4.78 is 11.4. The first kappa shape index (κ1) is 20.5. The average Bonchev–Trinajstić information content (AvgIpc) is 2.44. The van der Waals surface area contributed by atoms with Crippen LogP contribution in [0.5, 0.6) is 0 Å². The van der Waals surface area contributed by atoms with E-state index in [0.29, 0.717) is 16.2 Å². The highest BCUT2D eigenvalue weighted by molar-refractivity contribution is 8.23. The second-order valence-electron chi connectivity index (χ2n) is 6.71. The van der Waals surface area contributed by atoms with Gasteiger partial charge >= 0.3 is 6.09 Å². The predicted molar refractivity (Wildman–Crippen MR) is 100 cm³/mol. The number of hydrogen-bond donors (Lipinski definition) is 0. The topological polar surface area (TPSA) is 42.0 Å². The van der Waals surface area contributed by atoms with Crippen LogP contribution < -0.4 is 0 Å². The molecule has 7 heteroatoms. The van der Waals surface area contributed by atoms with Gasteiger partial charge in [-0.05, 0) is 52.9 Å². The molecule has 0 radical (unpaired) electrons. The summed E-state index contributed by atoms with van der Waals surface area (Å²) in [5.74, 6) is 0. The molecule has 0 saturated carbocycles. The molecule has 0 aromatic carbocycles. The Hall–Kier alpha value is -0.530. The number of carbonyl (C=O) groups excluding carboxylic acids is 1. The van der Waals surface area contributed by atoms with Crippen LogP contribution in [0.1, 0.15) is 41.0 Å². The van der Waals surface area contributed by atoms with Crippen LogP contribution in [0.15, 0.2) is 0 Å². The largest absolute Gasteiger partial charge is 0.479 e. The molecule has 1 heterocycles. The Kier molecular flexibility index (Phi) is 8.64. The summed E-state index contributed by atoms with van der Waals surface area (Å²) in [7, 11) is 0. The lowest BCUT2D eigenvalue weighted by atomic mass is 10.2. The third kappa shape index (κ3) is 8.77. The SMILES string of the molecule is CCOC(=S)S[C@@H](C)CCN1CCN(C(=O)OC(C)(C)C)CC1. The van der Waals surface area contributed by atoms with Gasteiger partial charge < -0.3 is 14.4 Å². The van der Waals surface area contributed by atoms with Gasteiger partial charge in [-0.25, -0.2) is 4.79 Å². The van der Waals surface area contributed by atoms with Crippen molar-refractivity contribution in [3.63, 3.8) is 0 Å². The van der Waals surface area contributed by atoms with Crippen LogP contribution in [-0.4, -0.2) is 70.5 Å². The summed E-state index contributed by atoms with van der Waals surface area (Å²) in [6.45, 7) is 14.7. The zero-order valence-electron chi connectivity index (χ0n) is 15.0. The van der Waals surface area contributed by atoms with Gasteiger partial charge in [-0.2, -0.15) is 0 Å². The molecular formula is C16H30N2O3S2. The van der Waals surface area contributed by atoms with Crippen LogP contribution in [0, 0.1) is 0 Å². The second kappa shape index (κ2) is 9.69. The molecular weight excluding hydrogens is 332 g/mol. The molecule has 0 aromatic rings.